The molecule has 0 saturated carbocycles. The van der Waals surface area contributed by atoms with Crippen LogP contribution in [0.3, 0.4) is 0 Å². The fourth-order valence-electron chi connectivity index (χ4n) is 2.57. The number of anilines is 1. The summed E-state index contributed by atoms with van der Waals surface area (Å²) in [5, 5.41) is 10.3. The van der Waals surface area contributed by atoms with Gasteiger partial charge in [0.05, 0.1) is 13.0 Å². The third kappa shape index (κ3) is 5.64. The number of halogens is 1. The Kier molecular flexibility index (Phi) is 6.73. The van der Waals surface area contributed by atoms with Crippen LogP contribution in [0, 0.1) is 5.82 Å². The molecule has 0 atom stereocenters. The van der Waals surface area contributed by atoms with Crippen LogP contribution in [0.4, 0.5) is 10.4 Å². The molecule has 0 fully saturated rings. The van der Waals surface area contributed by atoms with Gasteiger partial charge in [0.1, 0.15) is 11.6 Å². The van der Waals surface area contributed by atoms with Gasteiger partial charge in [-0.25, -0.2) is 4.39 Å². The summed E-state index contributed by atoms with van der Waals surface area (Å²) in [7, 11) is 0. The average molecular weight is 383 g/mol. The van der Waals surface area contributed by atoms with Crippen LogP contribution in [0.25, 0.3) is 0 Å². The van der Waals surface area contributed by atoms with Crippen molar-refractivity contribution in [3.63, 3.8) is 0 Å². The van der Waals surface area contributed by atoms with Crippen molar-refractivity contribution in [3.05, 3.63) is 71.4 Å². The highest BCUT2D eigenvalue weighted by molar-refractivity contribution is 6.03. The van der Waals surface area contributed by atoms with Gasteiger partial charge < -0.3 is 9.15 Å². The van der Waals surface area contributed by atoms with Crippen molar-refractivity contribution < 1.29 is 18.3 Å². The van der Waals surface area contributed by atoms with Crippen LogP contribution < -0.4 is 10.1 Å². The Hall–Kier alpha value is -3.22. The molecule has 0 bridgehead atoms. The van der Waals surface area contributed by atoms with Crippen LogP contribution in [0.1, 0.15) is 48.0 Å². The Balaban J connectivity index is 1.53. The number of aromatic nitrogens is 2. The number of hydrogen-bond donors (Lipinski definition) is 1. The van der Waals surface area contributed by atoms with Crippen molar-refractivity contribution in [3.8, 4) is 5.75 Å². The van der Waals surface area contributed by atoms with Gasteiger partial charge in [-0.05, 0) is 48.4 Å². The molecule has 1 heterocycles. The maximum atomic E-state index is 12.9. The predicted molar refractivity (Wildman–Crippen MR) is 103 cm³/mol. The molecule has 0 unspecified atom stereocenters. The van der Waals surface area contributed by atoms with E-state index in [1.807, 2.05) is 0 Å². The topological polar surface area (TPSA) is 77.2 Å². The smallest absolute Gasteiger partial charge is 0.322 e. The fourth-order valence-corrected chi connectivity index (χ4v) is 2.57. The van der Waals surface area contributed by atoms with E-state index in [0.717, 1.165) is 30.6 Å². The van der Waals surface area contributed by atoms with Gasteiger partial charge >= 0.3 is 6.01 Å². The zero-order chi connectivity index (χ0) is 19.8. The van der Waals surface area contributed by atoms with Crippen molar-refractivity contribution in [1.29, 1.82) is 0 Å². The van der Waals surface area contributed by atoms with Gasteiger partial charge in [0.25, 0.3) is 5.91 Å². The molecule has 146 valence electrons. The number of nitrogens with zero attached hydrogens (tertiary/aromatic N) is 2. The molecule has 3 aromatic rings. The van der Waals surface area contributed by atoms with Crippen molar-refractivity contribution in [2.45, 2.75) is 32.6 Å². The third-order valence-corrected chi connectivity index (χ3v) is 4.09. The molecule has 0 aliphatic heterocycles. The first kappa shape index (κ1) is 19.5. The normalized spacial score (nSPS) is 10.6. The second-order valence-electron chi connectivity index (χ2n) is 6.34. The first-order chi connectivity index (χ1) is 13.6. The number of carbonyl (C=O) groups is 1. The number of nitrogens with one attached hydrogen (secondary N) is 1. The van der Waals surface area contributed by atoms with Crippen LogP contribution in [-0.4, -0.2) is 22.7 Å². The highest BCUT2D eigenvalue weighted by Gasteiger charge is 2.12. The van der Waals surface area contributed by atoms with E-state index in [0.29, 0.717) is 24.5 Å². The molecule has 1 N–H and O–H groups in total. The summed E-state index contributed by atoms with van der Waals surface area (Å²) in [4.78, 5) is 12.3. The van der Waals surface area contributed by atoms with Crippen molar-refractivity contribution in [2.24, 2.45) is 0 Å². The van der Waals surface area contributed by atoms with E-state index in [-0.39, 0.29) is 17.7 Å². The molecule has 2 aromatic carbocycles. The number of unbranched alkanes of at least 4 members (excludes halogenated alkanes) is 2. The lowest BCUT2D eigenvalue weighted by atomic mass is 10.1. The number of benzene rings is 2. The summed E-state index contributed by atoms with van der Waals surface area (Å²) in [5.74, 6) is 0.402. The molecule has 6 nitrogen and oxygen atoms in total. The van der Waals surface area contributed by atoms with Gasteiger partial charge in [-0.3, -0.25) is 10.1 Å². The predicted octanol–water partition coefficient (Wildman–Crippen LogP) is 4.62. The van der Waals surface area contributed by atoms with Gasteiger partial charge in [-0.1, -0.05) is 37.0 Å². The van der Waals surface area contributed by atoms with Crippen LogP contribution in [0.15, 0.2) is 52.9 Å². The number of amides is 1. The van der Waals surface area contributed by atoms with E-state index in [9.17, 15) is 9.18 Å². The first-order valence-electron chi connectivity index (χ1n) is 9.25. The quantitative estimate of drug-likeness (QED) is 0.546. The van der Waals surface area contributed by atoms with E-state index < -0.39 is 0 Å². The Morgan fingerprint density at radius 3 is 2.54 bits per heavy atom. The number of ether oxygens (including phenoxy) is 1. The Morgan fingerprint density at radius 1 is 1.07 bits per heavy atom. The van der Waals surface area contributed by atoms with Gasteiger partial charge in [-0.15, -0.1) is 5.10 Å². The molecule has 0 radical (unpaired) electrons. The summed E-state index contributed by atoms with van der Waals surface area (Å²) in [6.07, 6.45) is 3.64. The van der Waals surface area contributed by atoms with Crippen LogP contribution in [0.5, 0.6) is 5.75 Å². The summed E-state index contributed by atoms with van der Waals surface area (Å²) in [5.41, 5.74) is 1.29. The van der Waals surface area contributed by atoms with Crippen LogP contribution >= 0.6 is 0 Å². The average Bonchev–Trinajstić information content (AvgIpc) is 3.14. The fraction of sp³-hybridized carbons (Fsp3) is 0.286. The molecule has 0 spiro atoms. The number of rotatable bonds is 9. The second-order valence-corrected chi connectivity index (χ2v) is 6.34. The van der Waals surface area contributed by atoms with Crippen molar-refractivity contribution in [1.82, 2.24) is 10.2 Å². The molecule has 1 aromatic heterocycles. The molecule has 1 amide bonds. The van der Waals surface area contributed by atoms with E-state index in [1.165, 1.54) is 12.1 Å². The molecular weight excluding hydrogens is 361 g/mol. The van der Waals surface area contributed by atoms with Crippen molar-refractivity contribution >= 4 is 11.9 Å². The molecule has 0 aliphatic carbocycles. The summed E-state index contributed by atoms with van der Waals surface area (Å²) < 4.78 is 24.0. The Morgan fingerprint density at radius 2 is 1.82 bits per heavy atom. The minimum absolute atomic E-state index is 0.0157. The summed E-state index contributed by atoms with van der Waals surface area (Å²) >= 11 is 0. The van der Waals surface area contributed by atoms with Crippen LogP contribution in [0.2, 0.25) is 0 Å². The zero-order valence-corrected chi connectivity index (χ0v) is 15.7. The molecule has 28 heavy (non-hydrogen) atoms. The largest absolute Gasteiger partial charge is 0.494 e. The summed E-state index contributed by atoms with van der Waals surface area (Å²) in [6.45, 7) is 2.81. The standard InChI is InChI=1S/C21H22FN3O3/c1-2-3-4-13-27-18-11-7-16(8-12-18)20(26)23-21-25-24-19(28-21)14-15-5-9-17(22)10-6-15/h5-12H,2-4,13-14H2,1H3,(H,23,25,26). The number of carbonyl (C=O) groups excluding carboxylic acids is 1. The van der Waals surface area contributed by atoms with Crippen LogP contribution in [-0.2, 0) is 6.42 Å². The molecule has 0 saturated heterocycles. The molecule has 0 aliphatic rings. The van der Waals surface area contributed by atoms with Gasteiger partial charge in [-0.2, -0.15) is 0 Å². The lowest BCUT2D eigenvalue weighted by molar-refractivity contribution is 0.102. The lowest BCUT2D eigenvalue weighted by Gasteiger charge is -2.06. The van der Waals surface area contributed by atoms with Gasteiger partial charge in [0.2, 0.25) is 5.89 Å². The zero-order valence-electron chi connectivity index (χ0n) is 15.7. The minimum Gasteiger partial charge on any atom is -0.494 e. The highest BCUT2D eigenvalue weighted by atomic mass is 19.1. The van der Waals surface area contributed by atoms with Gasteiger partial charge in [0.15, 0.2) is 0 Å². The maximum Gasteiger partial charge on any atom is 0.322 e. The Bertz CT molecular complexity index is 892. The minimum atomic E-state index is -0.352. The first-order valence-corrected chi connectivity index (χ1v) is 9.25. The molecule has 3 rings (SSSR count). The third-order valence-electron chi connectivity index (χ3n) is 4.09. The SMILES string of the molecule is CCCCCOc1ccc(C(=O)Nc2nnc(Cc3ccc(F)cc3)o2)cc1. The van der Waals surface area contributed by atoms with E-state index in [1.54, 1.807) is 36.4 Å². The Labute approximate surface area is 162 Å². The number of hydrogen-bond acceptors (Lipinski definition) is 5. The van der Waals surface area contributed by atoms with Gasteiger partial charge in [0, 0.05) is 5.56 Å². The monoisotopic (exact) mass is 383 g/mol. The second kappa shape index (κ2) is 9.64. The lowest BCUT2D eigenvalue weighted by Crippen LogP contribution is -2.12. The highest BCUT2D eigenvalue weighted by Crippen LogP contribution is 2.16. The van der Waals surface area contributed by atoms with E-state index in [2.05, 4.69) is 22.4 Å². The molecular formula is C21H22FN3O3. The van der Waals surface area contributed by atoms with E-state index >= 15 is 0 Å². The summed E-state index contributed by atoms with van der Waals surface area (Å²) in [6, 6.07) is 12.9. The molecule has 7 heteroatoms. The van der Waals surface area contributed by atoms with E-state index in [4.69, 9.17) is 9.15 Å². The maximum absolute atomic E-state index is 12.9. The van der Waals surface area contributed by atoms with Crippen molar-refractivity contribution in [2.75, 3.05) is 11.9 Å².